The Morgan fingerprint density at radius 1 is 1.14 bits per heavy atom. The fourth-order valence-electron chi connectivity index (χ4n) is 3.01. The SMILES string of the molecule is Cc1ccc(NC(=O)CSc2nnc(CCc3nc4ccccc4[nH]3)o2)c(C)c1. The number of rotatable bonds is 7. The zero-order chi connectivity index (χ0) is 20.2. The van der Waals surface area contributed by atoms with Crippen LogP contribution in [0.3, 0.4) is 0 Å². The second-order valence-corrected chi connectivity index (χ2v) is 7.74. The fourth-order valence-corrected chi connectivity index (χ4v) is 3.59. The molecule has 0 aliphatic rings. The minimum Gasteiger partial charge on any atom is -0.416 e. The molecule has 0 unspecified atom stereocenters. The predicted molar refractivity (Wildman–Crippen MR) is 113 cm³/mol. The zero-order valence-electron chi connectivity index (χ0n) is 16.2. The molecule has 0 aliphatic carbocycles. The Kier molecular flexibility index (Phi) is 5.62. The summed E-state index contributed by atoms with van der Waals surface area (Å²) in [5.41, 5.74) is 4.97. The number of imidazole rings is 1. The van der Waals surface area contributed by atoms with Crippen LogP contribution < -0.4 is 5.32 Å². The van der Waals surface area contributed by atoms with Crippen LogP contribution in [0.15, 0.2) is 52.1 Å². The summed E-state index contributed by atoms with van der Waals surface area (Å²) < 4.78 is 5.64. The molecule has 2 aromatic carbocycles. The molecule has 0 radical (unpaired) electrons. The first-order valence-electron chi connectivity index (χ1n) is 9.33. The molecule has 0 saturated carbocycles. The van der Waals surface area contributed by atoms with Crippen molar-refractivity contribution in [3.8, 4) is 0 Å². The van der Waals surface area contributed by atoms with E-state index in [2.05, 4.69) is 25.5 Å². The predicted octanol–water partition coefficient (Wildman–Crippen LogP) is 4.08. The van der Waals surface area contributed by atoms with E-state index in [1.54, 1.807) is 0 Å². The molecule has 0 atom stereocenters. The quantitative estimate of drug-likeness (QED) is 0.448. The summed E-state index contributed by atoms with van der Waals surface area (Å²) in [7, 11) is 0. The molecule has 0 bridgehead atoms. The Morgan fingerprint density at radius 2 is 2.00 bits per heavy atom. The number of hydrogen-bond donors (Lipinski definition) is 2. The number of fused-ring (bicyclic) bond motifs is 1. The number of H-pyrrole nitrogens is 1. The largest absolute Gasteiger partial charge is 0.416 e. The molecule has 148 valence electrons. The lowest BCUT2D eigenvalue weighted by atomic mass is 10.1. The third-order valence-electron chi connectivity index (χ3n) is 4.45. The minimum absolute atomic E-state index is 0.107. The summed E-state index contributed by atoms with van der Waals surface area (Å²) in [4.78, 5) is 20.0. The van der Waals surface area contributed by atoms with Gasteiger partial charge in [0.25, 0.3) is 5.22 Å². The molecule has 0 fully saturated rings. The van der Waals surface area contributed by atoms with Crippen molar-refractivity contribution in [3.05, 3.63) is 65.3 Å². The zero-order valence-corrected chi connectivity index (χ0v) is 17.0. The molecule has 4 aromatic rings. The van der Waals surface area contributed by atoms with E-state index in [4.69, 9.17) is 4.42 Å². The van der Waals surface area contributed by atoms with Crippen molar-refractivity contribution < 1.29 is 9.21 Å². The van der Waals surface area contributed by atoms with Gasteiger partial charge in [-0.25, -0.2) is 4.98 Å². The Hall–Kier alpha value is -3.13. The van der Waals surface area contributed by atoms with E-state index < -0.39 is 0 Å². The maximum absolute atomic E-state index is 12.2. The number of aryl methyl sites for hydroxylation is 4. The number of nitrogens with zero attached hydrogens (tertiary/aromatic N) is 3. The molecular formula is C21H21N5O2S. The minimum atomic E-state index is -0.107. The molecule has 7 nitrogen and oxygen atoms in total. The van der Waals surface area contributed by atoms with Gasteiger partial charge in [-0.3, -0.25) is 4.79 Å². The van der Waals surface area contributed by atoms with Crippen molar-refractivity contribution in [1.29, 1.82) is 0 Å². The van der Waals surface area contributed by atoms with E-state index in [0.29, 0.717) is 24.0 Å². The number of anilines is 1. The number of aromatic amines is 1. The van der Waals surface area contributed by atoms with Crippen LogP contribution in [0.25, 0.3) is 11.0 Å². The molecule has 8 heteroatoms. The summed E-state index contributed by atoms with van der Waals surface area (Å²) in [6.07, 6.45) is 1.26. The van der Waals surface area contributed by atoms with Crippen molar-refractivity contribution in [3.63, 3.8) is 0 Å². The van der Waals surface area contributed by atoms with Gasteiger partial charge in [0.15, 0.2) is 0 Å². The highest BCUT2D eigenvalue weighted by Crippen LogP contribution is 2.20. The van der Waals surface area contributed by atoms with Crippen LogP contribution in [0.2, 0.25) is 0 Å². The lowest BCUT2D eigenvalue weighted by molar-refractivity contribution is -0.113. The first-order valence-corrected chi connectivity index (χ1v) is 10.3. The van der Waals surface area contributed by atoms with Gasteiger partial charge in [0.05, 0.1) is 16.8 Å². The number of para-hydroxylation sites is 2. The van der Waals surface area contributed by atoms with E-state index >= 15 is 0 Å². The van der Waals surface area contributed by atoms with Crippen LogP contribution in [-0.4, -0.2) is 31.8 Å². The average Bonchev–Trinajstić information content (AvgIpc) is 3.33. The third-order valence-corrected chi connectivity index (χ3v) is 5.26. The van der Waals surface area contributed by atoms with Crippen molar-refractivity contribution in [2.45, 2.75) is 31.9 Å². The average molecular weight is 407 g/mol. The number of benzene rings is 2. The van der Waals surface area contributed by atoms with E-state index in [-0.39, 0.29) is 11.7 Å². The molecule has 0 saturated heterocycles. The summed E-state index contributed by atoms with van der Waals surface area (Å²) in [5.74, 6) is 1.51. The second-order valence-electron chi connectivity index (χ2n) is 6.82. The van der Waals surface area contributed by atoms with Gasteiger partial charge in [0.2, 0.25) is 11.8 Å². The first kappa shape index (κ1) is 19.2. The van der Waals surface area contributed by atoms with Gasteiger partial charge in [-0.05, 0) is 37.6 Å². The van der Waals surface area contributed by atoms with Crippen LogP contribution in [0.5, 0.6) is 0 Å². The highest BCUT2D eigenvalue weighted by Gasteiger charge is 2.12. The van der Waals surface area contributed by atoms with Crippen molar-refractivity contribution in [1.82, 2.24) is 20.2 Å². The number of carbonyl (C=O) groups excluding carboxylic acids is 1. The lowest BCUT2D eigenvalue weighted by Gasteiger charge is -2.08. The molecule has 29 heavy (non-hydrogen) atoms. The van der Waals surface area contributed by atoms with E-state index in [9.17, 15) is 4.79 Å². The van der Waals surface area contributed by atoms with E-state index in [0.717, 1.165) is 33.7 Å². The van der Waals surface area contributed by atoms with Crippen LogP contribution in [0.4, 0.5) is 5.69 Å². The van der Waals surface area contributed by atoms with Gasteiger partial charge in [0, 0.05) is 18.5 Å². The second kappa shape index (κ2) is 8.48. The Morgan fingerprint density at radius 3 is 2.83 bits per heavy atom. The van der Waals surface area contributed by atoms with Gasteiger partial charge in [-0.15, -0.1) is 10.2 Å². The number of aromatic nitrogens is 4. The van der Waals surface area contributed by atoms with Gasteiger partial charge in [-0.1, -0.05) is 41.6 Å². The molecule has 2 N–H and O–H groups in total. The standard InChI is InChI=1S/C21H21N5O2S/c1-13-7-8-15(14(2)11-13)24-19(27)12-29-21-26-25-20(28-21)10-9-18-22-16-5-3-4-6-17(16)23-18/h3-8,11H,9-10,12H2,1-2H3,(H,22,23)(H,24,27). The molecule has 1 amide bonds. The van der Waals surface area contributed by atoms with Crippen LogP contribution in [0.1, 0.15) is 22.8 Å². The Bertz CT molecular complexity index is 1120. The van der Waals surface area contributed by atoms with Crippen LogP contribution in [-0.2, 0) is 17.6 Å². The van der Waals surface area contributed by atoms with E-state index in [1.807, 2.05) is 56.3 Å². The van der Waals surface area contributed by atoms with Gasteiger partial charge in [0.1, 0.15) is 5.82 Å². The molecule has 2 aromatic heterocycles. The van der Waals surface area contributed by atoms with Gasteiger partial charge >= 0.3 is 0 Å². The van der Waals surface area contributed by atoms with Crippen molar-refractivity contribution in [2.24, 2.45) is 0 Å². The monoisotopic (exact) mass is 407 g/mol. The Labute approximate surface area is 172 Å². The number of thioether (sulfide) groups is 1. The Balaban J connectivity index is 1.28. The third kappa shape index (κ3) is 4.83. The van der Waals surface area contributed by atoms with E-state index in [1.165, 1.54) is 11.8 Å². The van der Waals surface area contributed by atoms with Gasteiger partial charge in [-0.2, -0.15) is 0 Å². The van der Waals surface area contributed by atoms with Crippen LogP contribution in [0, 0.1) is 13.8 Å². The van der Waals surface area contributed by atoms with Crippen molar-refractivity contribution >= 4 is 34.4 Å². The fraction of sp³-hybridized carbons (Fsp3) is 0.238. The van der Waals surface area contributed by atoms with Gasteiger partial charge < -0.3 is 14.7 Å². The molecule has 0 spiro atoms. The van der Waals surface area contributed by atoms with Crippen LogP contribution >= 0.6 is 11.8 Å². The number of nitrogens with one attached hydrogen (secondary N) is 2. The topological polar surface area (TPSA) is 96.7 Å². The smallest absolute Gasteiger partial charge is 0.277 e. The number of amides is 1. The summed E-state index contributed by atoms with van der Waals surface area (Å²) >= 11 is 1.23. The maximum Gasteiger partial charge on any atom is 0.277 e. The summed E-state index contributed by atoms with van der Waals surface area (Å²) in [6, 6.07) is 13.8. The first-order chi connectivity index (χ1) is 14.1. The highest BCUT2D eigenvalue weighted by atomic mass is 32.2. The maximum atomic E-state index is 12.2. The number of hydrogen-bond acceptors (Lipinski definition) is 6. The molecule has 4 rings (SSSR count). The molecule has 2 heterocycles. The molecule has 0 aliphatic heterocycles. The summed E-state index contributed by atoms with van der Waals surface area (Å²) in [6.45, 7) is 4.00. The summed E-state index contributed by atoms with van der Waals surface area (Å²) in [5, 5.41) is 11.4. The normalized spacial score (nSPS) is 11.1. The highest BCUT2D eigenvalue weighted by molar-refractivity contribution is 7.99. The lowest BCUT2D eigenvalue weighted by Crippen LogP contribution is -2.14. The van der Waals surface area contributed by atoms with Crippen molar-refractivity contribution in [2.75, 3.05) is 11.1 Å². The number of carbonyl (C=O) groups is 1. The molecular weight excluding hydrogens is 386 g/mol.